The van der Waals surface area contributed by atoms with Gasteiger partial charge in [-0.1, -0.05) is 6.42 Å². The Morgan fingerprint density at radius 2 is 2.06 bits per heavy atom. The Bertz CT molecular complexity index is 520. The van der Waals surface area contributed by atoms with Crippen LogP contribution in [-0.4, -0.2) is 11.1 Å². The van der Waals surface area contributed by atoms with Crippen molar-refractivity contribution in [2.45, 2.75) is 37.7 Å². The third kappa shape index (κ3) is 1.34. The fraction of sp³-hybridized carbons (Fsp3) is 0.500. The fourth-order valence-corrected chi connectivity index (χ4v) is 2.89. The van der Waals surface area contributed by atoms with Crippen LogP contribution < -0.4 is 16.2 Å². The Kier molecular flexibility index (Phi) is 2.11. The summed E-state index contributed by atoms with van der Waals surface area (Å²) < 4.78 is 5.79. The quantitative estimate of drug-likeness (QED) is 0.704. The number of fused-ring (bicyclic) bond motifs is 3. The summed E-state index contributed by atoms with van der Waals surface area (Å²) in [6, 6.07) is 2.02. The number of pyridine rings is 1. The Hall–Kier alpha value is -1.96. The molecule has 1 aromatic heterocycles. The number of hydrogen-bond acceptors (Lipinski definition) is 5. The average molecular weight is 230 g/mol. The van der Waals surface area contributed by atoms with E-state index in [9.17, 15) is 0 Å². The van der Waals surface area contributed by atoms with Gasteiger partial charge in [0.15, 0.2) is 0 Å². The van der Waals surface area contributed by atoms with Gasteiger partial charge >= 0.3 is 0 Å². The molecule has 2 unspecified atom stereocenters. The number of nitrogens with zero attached hydrogens (tertiary/aromatic N) is 2. The second-order valence-electron chi connectivity index (χ2n) is 4.66. The van der Waals surface area contributed by atoms with Crippen molar-refractivity contribution in [1.29, 1.82) is 5.26 Å². The van der Waals surface area contributed by atoms with Crippen molar-refractivity contribution >= 4 is 11.5 Å². The van der Waals surface area contributed by atoms with Gasteiger partial charge in [0.1, 0.15) is 23.6 Å². The van der Waals surface area contributed by atoms with Gasteiger partial charge in [0.05, 0.1) is 5.69 Å². The van der Waals surface area contributed by atoms with Crippen molar-refractivity contribution in [3.05, 3.63) is 11.1 Å². The predicted octanol–water partition coefficient (Wildman–Crippen LogP) is 1.54. The van der Waals surface area contributed by atoms with Gasteiger partial charge in [-0.25, -0.2) is 0 Å². The van der Waals surface area contributed by atoms with E-state index in [-0.39, 0.29) is 11.9 Å². The molecule has 2 heterocycles. The number of nitrogens with two attached hydrogens (primary N) is 2. The summed E-state index contributed by atoms with van der Waals surface area (Å²) in [7, 11) is 0. The topological polar surface area (TPSA) is 98.0 Å². The maximum atomic E-state index is 9.04. The highest BCUT2D eigenvalue weighted by molar-refractivity contribution is 5.72. The third-order valence-corrected chi connectivity index (χ3v) is 3.72. The molecule has 17 heavy (non-hydrogen) atoms. The van der Waals surface area contributed by atoms with Crippen molar-refractivity contribution in [1.82, 2.24) is 4.98 Å². The Labute approximate surface area is 99.4 Å². The van der Waals surface area contributed by atoms with Gasteiger partial charge in [0.25, 0.3) is 0 Å². The van der Waals surface area contributed by atoms with E-state index < -0.39 is 0 Å². The molecule has 0 radical (unpaired) electrons. The monoisotopic (exact) mass is 230 g/mol. The lowest BCUT2D eigenvalue weighted by Gasteiger charge is -2.23. The molecule has 5 heteroatoms. The Balaban J connectivity index is 2.15. The normalized spacial score (nSPS) is 25.6. The number of anilines is 2. The summed E-state index contributed by atoms with van der Waals surface area (Å²) in [6.45, 7) is 0. The van der Waals surface area contributed by atoms with Crippen molar-refractivity contribution < 1.29 is 4.74 Å². The van der Waals surface area contributed by atoms with Crippen LogP contribution in [0.5, 0.6) is 5.88 Å². The van der Waals surface area contributed by atoms with Crippen molar-refractivity contribution in [3.8, 4) is 11.9 Å². The first-order valence-corrected chi connectivity index (χ1v) is 5.88. The minimum atomic E-state index is 0.168. The summed E-state index contributed by atoms with van der Waals surface area (Å²) in [5.41, 5.74) is 13.4. The minimum Gasteiger partial charge on any atom is -0.473 e. The maximum Gasteiger partial charge on any atom is 0.221 e. The number of ether oxygens (including phenoxy) is 1. The molecular weight excluding hydrogens is 216 g/mol. The highest BCUT2D eigenvalue weighted by Crippen LogP contribution is 2.48. The standard InChI is InChI=1S/C12H14N4O/c13-5-7-10(14)9-6-3-1-2-4-8(6)17-12(9)16-11(7)15/h6,8H,1-4H2,(H4,14,15,16). The first-order valence-electron chi connectivity index (χ1n) is 5.88. The van der Waals surface area contributed by atoms with Crippen LogP contribution in [0.4, 0.5) is 11.5 Å². The van der Waals surface area contributed by atoms with Crippen molar-refractivity contribution in [3.63, 3.8) is 0 Å². The lowest BCUT2D eigenvalue weighted by molar-refractivity contribution is 0.159. The van der Waals surface area contributed by atoms with Crippen LogP contribution in [0.1, 0.15) is 42.7 Å². The van der Waals surface area contributed by atoms with Crippen LogP contribution in [-0.2, 0) is 0 Å². The summed E-state index contributed by atoms with van der Waals surface area (Å²) in [6.07, 6.45) is 4.60. The average Bonchev–Trinajstić information content (AvgIpc) is 2.67. The molecule has 1 aromatic rings. The lowest BCUT2D eigenvalue weighted by Crippen LogP contribution is -2.22. The van der Waals surface area contributed by atoms with Crippen LogP contribution in [0.15, 0.2) is 0 Å². The molecule has 4 N–H and O–H groups in total. The number of hydrogen-bond donors (Lipinski definition) is 2. The van der Waals surface area contributed by atoms with E-state index in [0.29, 0.717) is 23.0 Å². The molecule has 0 spiro atoms. The van der Waals surface area contributed by atoms with E-state index in [4.69, 9.17) is 21.5 Å². The third-order valence-electron chi connectivity index (χ3n) is 3.72. The van der Waals surface area contributed by atoms with Crippen LogP contribution in [0.2, 0.25) is 0 Å². The van der Waals surface area contributed by atoms with Crippen LogP contribution in [0.25, 0.3) is 0 Å². The molecule has 0 saturated heterocycles. The molecule has 3 rings (SSSR count). The highest BCUT2D eigenvalue weighted by Gasteiger charge is 2.39. The van der Waals surface area contributed by atoms with Gasteiger partial charge in [0, 0.05) is 11.5 Å². The summed E-state index contributed by atoms with van der Waals surface area (Å²) in [5, 5.41) is 9.04. The van der Waals surface area contributed by atoms with Gasteiger partial charge < -0.3 is 16.2 Å². The largest absolute Gasteiger partial charge is 0.473 e. The van der Waals surface area contributed by atoms with Crippen molar-refractivity contribution in [2.75, 3.05) is 11.5 Å². The zero-order valence-electron chi connectivity index (χ0n) is 9.44. The maximum absolute atomic E-state index is 9.04. The number of rotatable bonds is 0. The first-order chi connectivity index (χ1) is 8.22. The van der Waals surface area contributed by atoms with E-state index in [1.807, 2.05) is 6.07 Å². The molecule has 5 nitrogen and oxygen atoms in total. The van der Waals surface area contributed by atoms with E-state index in [0.717, 1.165) is 18.4 Å². The summed E-state index contributed by atoms with van der Waals surface area (Å²) in [4.78, 5) is 4.16. The second-order valence-corrected chi connectivity index (χ2v) is 4.66. The molecular formula is C12H14N4O. The molecule has 0 bridgehead atoms. The van der Waals surface area contributed by atoms with E-state index >= 15 is 0 Å². The Morgan fingerprint density at radius 3 is 2.82 bits per heavy atom. The molecule has 2 atom stereocenters. The zero-order chi connectivity index (χ0) is 12.0. The van der Waals surface area contributed by atoms with Gasteiger partial charge in [-0.05, 0) is 19.3 Å². The van der Waals surface area contributed by atoms with Crippen LogP contribution in [0, 0.1) is 11.3 Å². The van der Waals surface area contributed by atoms with Gasteiger partial charge in [-0.15, -0.1) is 0 Å². The number of nitrogen functional groups attached to an aromatic ring is 2. The van der Waals surface area contributed by atoms with Gasteiger partial charge in [-0.3, -0.25) is 0 Å². The fourth-order valence-electron chi connectivity index (χ4n) is 2.89. The van der Waals surface area contributed by atoms with Crippen LogP contribution in [0.3, 0.4) is 0 Å². The summed E-state index contributed by atoms with van der Waals surface area (Å²) >= 11 is 0. The smallest absolute Gasteiger partial charge is 0.221 e. The highest BCUT2D eigenvalue weighted by atomic mass is 16.5. The molecule has 1 aliphatic heterocycles. The lowest BCUT2D eigenvalue weighted by atomic mass is 9.82. The van der Waals surface area contributed by atoms with Gasteiger partial charge in [-0.2, -0.15) is 10.2 Å². The Morgan fingerprint density at radius 1 is 1.29 bits per heavy atom. The number of nitriles is 1. The van der Waals surface area contributed by atoms with Gasteiger partial charge in [0.2, 0.25) is 5.88 Å². The molecule has 1 aliphatic carbocycles. The molecule has 1 saturated carbocycles. The molecule has 0 aromatic carbocycles. The molecule has 0 amide bonds. The molecule has 1 fully saturated rings. The van der Waals surface area contributed by atoms with E-state index in [2.05, 4.69) is 4.98 Å². The van der Waals surface area contributed by atoms with Crippen LogP contribution >= 0.6 is 0 Å². The van der Waals surface area contributed by atoms with E-state index in [1.54, 1.807) is 0 Å². The minimum absolute atomic E-state index is 0.168. The van der Waals surface area contributed by atoms with Crippen molar-refractivity contribution in [2.24, 2.45) is 0 Å². The predicted molar refractivity (Wildman–Crippen MR) is 63.4 cm³/mol. The number of aromatic nitrogens is 1. The first kappa shape index (κ1) is 10.2. The SMILES string of the molecule is N#Cc1c(N)nc2c(c1N)C1CCCCC1O2. The zero-order valence-corrected chi connectivity index (χ0v) is 9.44. The molecule has 2 aliphatic rings. The molecule has 88 valence electrons. The van der Waals surface area contributed by atoms with E-state index in [1.165, 1.54) is 12.8 Å². The summed E-state index contributed by atoms with van der Waals surface area (Å²) in [5.74, 6) is 0.997. The second kappa shape index (κ2) is 3.52.